The van der Waals surface area contributed by atoms with Crippen molar-refractivity contribution in [2.45, 2.75) is 117 Å². The number of thiophene rings is 1. The van der Waals surface area contributed by atoms with E-state index in [1.165, 1.54) is 4.90 Å². The smallest absolute Gasteiger partial charge is 0.246 e. The average Bonchev–Trinajstić information content (AvgIpc) is 4.11. The highest BCUT2D eigenvalue weighted by molar-refractivity contribution is 7.15. The molecule has 70 heavy (non-hydrogen) atoms. The van der Waals surface area contributed by atoms with Crippen molar-refractivity contribution in [2.24, 2.45) is 10.9 Å². The molecule has 370 valence electrons. The quantitative estimate of drug-likeness (QED) is 0.0943. The van der Waals surface area contributed by atoms with Gasteiger partial charge in [0.1, 0.15) is 29.0 Å². The van der Waals surface area contributed by atoms with Gasteiger partial charge in [0.05, 0.1) is 40.4 Å². The molecule has 0 bridgehead atoms. The molecule has 3 aromatic heterocycles. The maximum Gasteiger partial charge on any atom is 0.246 e. The molecule has 0 unspecified atom stereocenters. The van der Waals surface area contributed by atoms with Crippen LogP contribution in [0.5, 0.6) is 0 Å². The Kier molecular flexibility index (Phi) is 15.7. The van der Waals surface area contributed by atoms with Crippen LogP contribution in [0.4, 0.5) is 0 Å². The van der Waals surface area contributed by atoms with Gasteiger partial charge in [-0.25, -0.2) is 4.98 Å². The van der Waals surface area contributed by atoms with Gasteiger partial charge in [-0.3, -0.25) is 33.5 Å². The number of β-amino-alcohol motifs (C(OH)–C–C–N with tert-alkyl or cyclic N) is 1. The van der Waals surface area contributed by atoms with Crippen LogP contribution >= 0.6 is 34.3 Å². The average molecular weight is 1010 g/mol. The Balaban J connectivity index is 0.801. The highest BCUT2D eigenvalue weighted by atomic mass is 35.5. The number of aliphatic hydroxyl groups is 1. The second-order valence-corrected chi connectivity index (χ2v) is 21.4. The van der Waals surface area contributed by atoms with Gasteiger partial charge in [0, 0.05) is 73.0 Å². The fourth-order valence-electron chi connectivity index (χ4n) is 9.49. The van der Waals surface area contributed by atoms with Crippen LogP contribution in [0.1, 0.15) is 116 Å². The van der Waals surface area contributed by atoms with Gasteiger partial charge in [-0.05, 0) is 82.2 Å². The number of hydrogen-bond acceptors (Lipinski definition) is 12. The molecule has 6 heterocycles. The number of rotatable bonds is 15. The first-order valence-electron chi connectivity index (χ1n) is 24.0. The molecule has 2 saturated heterocycles. The van der Waals surface area contributed by atoms with E-state index in [-0.39, 0.29) is 67.8 Å². The van der Waals surface area contributed by atoms with Crippen molar-refractivity contribution in [3.63, 3.8) is 0 Å². The van der Waals surface area contributed by atoms with Crippen LogP contribution in [0.25, 0.3) is 15.4 Å². The standard InChI is InChI=1S/C51H61ClN10O6S2/c1-28(2)45(50(68)61-26-38(63)24-40(61)49(67)54-30(4)34-12-14-36(15-13-34)47-31(5)53-27-69-47)56-41(64)10-8-9-11-42(65)59-20-22-60(23-21-59)43(66)25-39-48-58-57-33(7)62(48)51-44(29(3)32(6)70-51)46(55-39)35-16-18-37(52)19-17-35/h12-19,27-28,30,38-40,45,63H,8-11,20-26H2,1-7H3,(H,54,67)(H,56,64)/t30-,38+,39-,40-,45-/m0/s1. The van der Waals surface area contributed by atoms with Crippen molar-refractivity contribution in [3.8, 4) is 15.4 Å². The number of hydrogen-bond donors (Lipinski definition) is 3. The van der Waals surface area contributed by atoms with E-state index in [0.29, 0.717) is 55.7 Å². The normalized spacial score (nSPS) is 18.7. The Bertz CT molecular complexity index is 2780. The number of carbonyl (C=O) groups is 5. The highest BCUT2D eigenvalue weighted by Crippen LogP contribution is 2.40. The summed E-state index contributed by atoms with van der Waals surface area (Å²) in [7, 11) is 0. The first-order chi connectivity index (χ1) is 33.5. The van der Waals surface area contributed by atoms with Crippen molar-refractivity contribution in [2.75, 3.05) is 32.7 Å². The molecule has 0 radical (unpaired) electrons. The van der Waals surface area contributed by atoms with Gasteiger partial charge in [0.25, 0.3) is 0 Å². The maximum absolute atomic E-state index is 14.0. The fraction of sp³-hybridized carbons (Fsp3) is 0.471. The Labute approximate surface area is 421 Å². The molecule has 0 spiro atoms. The van der Waals surface area contributed by atoms with E-state index in [4.69, 9.17) is 16.6 Å². The van der Waals surface area contributed by atoms with Crippen LogP contribution in [-0.2, 0) is 24.0 Å². The SMILES string of the molecule is Cc1ncsc1-c1ccc([C@H](C)NC(=O)[C@@H]2C[C@@H](O)CN2C(=O)[C@@H](NC(=O)CCCCC(=O)N2CCN(C(=O)C[C@@H]3N=C(c4ccc(Cl)cc4)c4c(sc(C)c4C)-n4c(C)nnc43)CC2)C(C)C)cc1. The zero-order valence-corrected chi connectivity index (χ0v) is 43.1. The maximum atomic E-state index is 14.0. The van der Waals surface area contributed by atoms with E-state index >= 15 is 0 Å². The van der Waals surface area contributed by atoms with Gasteiger partial charge in [0.15, 0.2) is 5.82 Å². The lowest BCUT2D eigenvalue weighted by atomic mass is 9.99. The van der Waals surface area contributed by atoms with Crippen molar-refractivity contribution in [3.05, 3.63) is 104 Å². The van der Waals surface area contributed by atoms with Crippen LogP contribution in [0.3, 0.4) is 0 Å². The Morgan fingerprint density at radius 3 is 2.16 bits per heavy atom. The third kappa shape index (κ3) is 10.9. The molecule has 3 aliphatic heterocycles. The molecule has 0 aliphatic carbocycles. The summed E-state index contributed by atoms with van der Waals surface area (Å²) in [6.07, 6.45) is 0.554. The van der Waals surface area contributed by atoms with Gasteiger partial charge in [-0.2, -0.15) is 0 Å². The number of nitrogens with one attached hydrogen (secondary N) is 2. The van der Waals surface area contributed by atoms with E-state index < -0.39 is 30.1 Å². The van der Waals surface area contributed by atoms with E-state index in [2.05, 4.69) is 39.7 Å². The number of aromatic nitrogens is 4. The molecule has 5 atom stereocenters. The van der Waals surface area contributed by atoms with E-state index in [9.17, 15) is 29.1 Å². The summed E-state index contributed by atoms with van der Waals surface area (Å²) in [4.78, 5) is 85.0. The van der Waals surface area contributed by atoms with Gasteiger partial charge >= 0.3 is 0 Å². The molecule has 8 rings (SSSR count). The third-order valence-corrected chi connectivity index (χ3v) is 16.1. The number of aliphatic hydroxyl groups excluding tert-OH is 1. The van der Waals surface area contributed by atoms with E-state index in [1.807, 2.05) is 93.2 Å². The minimum Gasteiger partial charge on any atom is -0.391 e. The van der Waals surface area contributed by atoms with Crippen molar-refractivity contribution in [1.82, 2.24) is 45.1 Å². The van der Waals surface area contributed by atoms with Crippen LogP contribution < -0.4 is 10.6 Å². The molecule has 19 heteroatoms. The van der Waals surface area contributed by atoms with Gasteiger partial charge in [-0.15, -0.1) is 32.9 Å². The summed E-state index contributed by atoms with van der Waals surface area (Å²) >= 11 is 9.50. The molecule has 16 nitrogen and oxygen atoms in total. The summed E-state index contributed by atoms with van der Waals surface area (Å²) in [5.41, 5.74) is 8.49. The van der Waals surface area contributed by atoms with E-state index in [0.717, 1.165) is 54.0 Å². The topological polar surface area (TPSA) is 195 Å². The number of thiazole rings is 1. The molecular weight excluding hydrogens is 948 g/mol. The molecule has 2 fully saturated rings. The lowest BCUT2D eigenvalue weighted by molar-refractivity contribution is -0.142. The number of halogens is 1. The molecule has 3 N–H and O–H groups in total. The predicted octanol–water partition coefficient (Wildman–Crippen LogP) is 6.83. The first kappa shape index (κ1) is 50.6. The zero-order chi connectivity index (χ0) is 50.0. The van der Waals surface area contributed by atoms with Crippen molar-refractivity contribution >= 4 is 69.5 Å². The number of amides is 5. The predicted molar refractivity (Wildman–Crippen MR) is 271 cm³/mol. The molecule has 2 aromatic carbocycles. The second-order valence-electron chi connectivity index (χ2n) is 18.9. The van der Waals surface area contributed by atoms with Crippen LogP contribution in [-0.4, -0.2) is 126 Å². The molecule has 5 aromatic rings. The Morgan fingerprint density at radius 2 is 1.50 bits per heavy atom. The summed E-state index contributed by atoms with van der Waals surface area (Å²) in [6, 6.07) is 12.7. The molecule has 0 saturated carbocycles. The van der Waals surface area contributed by atoms with Crippen molar-refractivity contribution < 1.29 is 29.1 Å². The first-order valence-corrected chi connectivity index (χ1v) is 26.1. The van der Waals surface area contributed by atoms with Crippen LogP contribution in [0.15, 0.2) is 59.0 Å². The Morgan fingerprint density at radius 1 is 0.843 bits per heavy atom. The van der Waals surface area contributed by atoms with Crippen molar-refractivity contribution in [1.29, 1.82) is 0 Å². The van der Waals surface area contributed by atoms with Gasteiger partial charge in [-0.1, -0.05) is 61.8 Å². The highest BCUT2D eigenvalue weighted by Gasteiger charge is 2.43. The van der Waals surface area contributed by atoms with Gasteiger partial charge in [0.2, 0.25) is 29.5 Å². The fourth-order valence-corrected chi connectivity index (χ4v) is 11.6. The number of carbonyl (C=O) groups excluding carboxylic acids is 5. The zero-order valence-electron chi connectivity index (χ0n) is 40.7. The lowest BCUT2D eigenvalue weighted by Crippen LogP contribution is -2.55. The number of aliphatic imine (C=N–C) groups is 1. The summed E-state index contributed by atoms with van der Waals surface area (Å²) in [5, 5.41) is 27.1. The summed E-state index contributed by atoms with van der Waals surface area (Å²) in [6.45, 7) is 15.1. The third-order valence-electron chi connectivity index (χ3n) is 13.6. The number of unbranched alkanes of at least 4 members (excludes halogenated alkanes) is 1. The molecule has 3 aliphatic rings. The number of piperazine rings is 1. The summed E-state index contributed by atoms with van der Waals surface area (Å²) < 4.78 is 2.03. The second kappa shape index (κ2) is 21.7. The minimum absolute atomic E-state index is 0.0153. The molecule has 5 amide bonds. The number of nitrogens with zero attached hydrogens (tertiary/aromatic N) is 8. The van der Waals surface area contributed by atoms with Crippen LogP contribution in [0, 0.1) is 33.6 Å². The summed E-state index contributed by atoms with van der Waals surface area (Å²) in [5.74, 6) is -0.211. The largest absolute Gasteiger partial charge is 0.391 e. The molecular formula is C51H61ClN10O6S2. The minimum atomic E-state index is -0.904. The van der Waals surface area contributed by atoms with Gasteiger partial charge < -0.3 is 30.4 Å². The van der Waals surface area contributed by atoms with Crippen LogP contribution in [0.2, 0.25) is 5.02 Å². The number of aryl methyl sites for hydroxylation is 3. The monoisotopic (exact) mass is 1010 g/mol. The number of likely N-dealkylation sites (tertiary alicyclic amines) is 1. The Hall–Kier alpha value is -5.82. The van der Waals surface area contributed by atoms with E-state index in [1.54, 1.807) is 32.5 Å². The number of fused-ring (bicyclic) bond motifs is 3. The lowest BCUT2D eigenvalue weighted by Gasteiger charge is -2.35. The number of benzene rings is 2.